The molecular formula is C10H11FIN3O3. The minimum absolute atomic E-state index is 0.127. The van der Waals surface area contributed by atoms with E-state index in [1.807, 2.05) is 0 Å². The maximum atomic E-state index is 13.2. The van der Waals surface area contributed by atoms with Crippen molar-refractivity contribution in [1.29, 1.82) is 0 Å². The number of nitrogens with zero attached hydrogens (tertiary/aromatic N) is 3. The van der Waals surface area contributed by atoms with Crippen LogP contribution in [0.4, 0.5) is 4.39 Å². The number of hydrogen-bond acceptors (Lipinski definition) is 6. The van der Waals surface area contributed by atoms with Crippen molar-refractivity contribution in [3.05, 3.63) is 23.9 Å². The van der Waals surface area contributed by atoms with Gasteiger partial charge < -0.3 is 4.74 Å². The van der Waals surface area contributed by atoms with E-state index < -0.39 is 5.82 Å². The monoisotopic (exact) mass is 367 g/mol. The third-order valence-electron chi connectivity index (χ3n) is 2.00. The van der Waals surface area contributed by atoms with Gasteiger partial charge >= 0.3 is 0 Å². The molecule has 98 valence electrons. The van der Waals surface area contributed by atoms with Crippen LogP contribution in [0.25, 0.3) is 5.70 Å². The standard InChI is InChI=1S/C10H11FIN3O3/c1-15(18-3)7(4-8(12)16)9-13-5-6(11)10(14-9)17-2/h4-5H,1-3H3/b7-4+. The fraction of sp³-hybridized carbons (Fsp3) is 0.300. The molecule has 1 heterocycles. The second-order valence-electron chi connectivity index (χ2n) is 3.06. The van der Waals surface area contributed by atoms with Crippen LogP contribution in [-0.4, -0.2) is 40.1 Å². The lowest BCUT2D eigenvalue weighted by Gasteiger charge is -2.18. The summed E-state index contributed by atoms with van der Waals surface area (Å²) in [4.78, 5) is 23.8. The van der Waals surface area contributed by atoms with E-state index in [2.05, 4.69) is 9.97 Å². The predicted molar refractivity (Wildman–Crippen MR) is 70.3 cm³/mol. The number of hydroxylamine groups is 2. The molecule has 0 N–H and O–H groups in total. The maximum absolute atomic E-state index is 13.2. The Bertz CT molecular complexity index is 481. The summed E-state index contributed by atoms with van der Waals surface area (Å²) in [6.45, 7) is 0. The van der Waals surface area contributed by atoms with Crippen molar-refractivity contribution in [2.75, 3.05) is 21.3 Å². The molecule has 0 aliphatic rings. The summed E-state index contributed by atoms with van der Waals surface area (Å²) >= 11 is 1.60. The molecule has 0 aliphatic carbocycles. The molecule has 8 heteroatoms. The molecule has 1 aromatic rings. The van der Waals surface area contributed by atoms with Crippen LogP contribution in [0.5, 0.6) is 5.88 Å². The maximum Gasteiger partial charge on any atom is 0.253 e. The van der Waals surface area contributed by atoms with Gasteiger partial charge in [0, 0.05) is 35.7 Å². The van der Waals surface area contributed by atoms with Gasteiger partial charge in [-0.25, -0.2) is 4.98 Å². The van der Waals surface area contributed by atoms with Gasteiger partial charge in [-0.05, 0) is 0 Å². The van der Waals surface area contributed by atoms with Gasteiger partial charge in [0.05, 0.1) is 20.4 Å². The van der Waals surface area contributed by atoms with Crippen LogP contribution in [0.1, 0.15) is 5.82 Å². The molecule has 0 aromatic carbocycles. The number of methoxy groups -OCH3 is 1. The predicted octanol–water partition coefficient (Wildman–Crippen LogP) is 1.42. The van der Waals surface area contributed by atoms with Gasteiger partial charge in [0.15, 0.2) is 5.82 Å². The van der Waals surface area contributed by atoms with E-state index in [9.17, 15) is 9.18 Å². The number of rotatable bonds is 5. The lowest BCUT2D eigenvalue weighted by Crippen LogP contribution is -2.18. The van der Waals surface area contributed by atoms with E-state index in [1.54, 1.807) is 29.6 Å². The smallest absolute Gasteiger partial charge is 0.253 e. The Morgan fingerprint density at radius 3 is 2.72 bits per heavy atom. The number of carbonyl (C=O) groups is 1. The Hall–Kier alpha value is -1.29. The number of carbonyl (C=O) groups excluding carboxylic acids is 1. The van der Waals surface area contributed by atoms with E-state index in [0.29, 0.717) is 5.70 Å². The molecule has 0 bridgehead atoms. The van der Waals surface area contributed by atoms with Crippen LogP contribution in [0.15, 0.2) is 12.3 Å². The van der Waals surface area contributed by atoms with Crippen molar-refractivity contribution in [2.45, 2.75) is 0 Å². The molecule has 0 spiro atoms. The molecule has 1 aromatic heterocycles. The van der Waals surface area contributed by atoms with Crippen molar-refractivity contribution in [3.8, 4) is 5.88 Å². The first kappa shape index (κ1) is 14.8. The van der Waals surface area contributed by atoms with Gasteiger partial charge in [-0.15, -0.1) is 0 Å². The molecule has 18 heavy (non-hydrogen) atoms. The van der Waals surface area contributed by atoms with E-state index >= 15 is 0 Å². The van der Waals surface area contributed by atoms with Crippen molar-refractivity contribution >= 4 is 32.1 Å². The second kappa shape index (κ2) is 6.59. The minimum atomic E-state index is -0.679. The number of ether oxygens (including phenoxy) is 1. The number of aromatic nitrogens is 2. The van der Waals surface area contributed by atoms with Crippen molar-refractivity contribution in [2.24, 2.45) is 0 Å². The molecule has 0 radical (unpaired) electrons. The largest absolute Gasteiger partial charge is 0.479 e. The molecule has 0 saturated heterocycles. The fourth-order valence-electron chi connectivity index (χ4n) is 1.12. The first-order chi connectivity index (χ1) is 8.49. The van der Waals surface area contributed by atoms with E-state index in [4.69, 9.17) is 9.57 Å². The Balaban J connectivity index is 3.25. The van der Waals surface area contributed by atoms with E-state index in [1.165, 1.54) is 25.4 Å². The molecule has 6 nitrogen and oxygen atoms in total. The highest BCUT2D eigenvalue weighted by Gasteiger charge is 2.15. The van der Waals surface area contributed by atoms with Crippen LogP contribution in [0.3, 0.4) is 0 Å². The summed E-state index contributed by atoms with van der Waals surface area (Å²) in [5, 5.41) is 1.29. The van der Waals surface area contributed by atoms with Gasteiger partial charge in [0.25, 0.3) is 5.88 Å². The Morgan fingerprint density at radius 1 is 1.56 bits per heavy atom. The number of allylic oxidation sites excluding steroid dienone is 1. The van der Waals surface area contributed by atoms with Crippen LogP contribution >= 0.6 is 22.6 Å². The fourth-order valence-corrected chi connectivity index (χ4v) is 1.42. The average molecular weight is 367 g/mol. The Kier molecular flexibility index (Phi) is 5.41. The third-order valence-corrected chi connectivity index (χ3v) is 2.31. The van der Waals surface area contributed by atoms with Gasteiger partial charge in [-0.3, -0.25) is 14.7 Å². The summed E-state index contributed by atoms with van der Waals surface area (Å²) in [5.74, 6) is -0.750. The van der Waals surface area contributed by atoms with Gasteiger partial charge in [0.1, 0.15) is 5.70 Å². The van der Waals surface area contributed by atoms with Gasteiger partial charge in [-0.1, -0.05) is 0 Å². The lowest BCUT2D eigenvalue weighted by atomic mass is 10.3. The number of hydrogen-bond donors (Lipinski definition) is 0. The van der Waals surface area contributed by atoms with Crippen molar-refractivity contribution < 1.29 is 18.8 Å². The molecular weight excluding hydrogens is 356 g/mol. The van der Waals surface area contributed by atoms with Crippen LogP contribution < -0.4 is 4.74 Å². The van der Waals surface area contributed by atoms with Crippen molar-refractivity contribution in [1.82, 2.24) is 15.0 Å². The Morgan fingerprint density at radius 2 is 2.22 bits per heavy atom. The van der Waals surface area contributed by atoms with Gasteiger partial charge in [0.2, 0.25) is 9.61 Å². The van der Waals surface area contributed by atoms with Gasteiger partial charge in [-0.2, -0.15) is 9.37 Å². The quantitative estimate of drug-likeness (QED) is 0.340. The van der Waals surface area contributed by atoms with Crippen LogP contribution in [-0.2, 0) is 9.63 Å². The molecule has 0 unspecified atom stereocenters. The molecule has 1 rings (SSSR count). The van der Waals surface area contributed by atoms with Crippen LogP contribution in [0.2, 0.25) is 0 Å². The summed E-state index contributed by atoms with van der Waals surface area (Å²) in [5.41, 5.74) is 0.301. The third kappa shape index (κ3) is 3.60. The zero-order valence-corrected chi connectivity index (χ0v) is 12.1. The summed E-state index contributed by atoms with van der Waals surface area (Å²) in [6, 6.07) is 0. The summed E-state index contributed by atoms with van der Waals surface area (Å²) < 4.78 is 17.7. The van der Waals surface area contributed by atoms with Crippen molar-refractivity contribution in [3.63, 3.8) is 0 Å². The highest BCUT2D eigenvalue weighted by atomic mass is 127. The van der Waals surface area contributed by atoms with E-state index in [-0.39, 0.29) is 15.5 Å². The highest BCUT2D eigenvalue weighted by molar-refractivity contribution is 14.1. The second-order valence-corrected chi connectivity index (χ2v) is 4.13. The molecule has 0 amide bonds. The Labute approximate surface area is 117 Å². The van der Waals surface area contributed by atoms with Crippen LogP contribution in [0, 0.1) is 5.82 Å². The summed E-state index contributed by atoms with van der Waals surface area (Å²) in [7, 11) is 4.29. The lowest BCUT2D eigenvalue weighted by molar-refractivity contribution is -0.105. The number of halogens is 2. The zero-order valence-electron chi connectivity index (χ0n) is 9.98. The normalized spacial score (nSPS) is 11.3. The highest BCUT2D eigenvalue weighted by Crippen LogP contribution is 2.19. The first-order valence-corrected chi connectivity index (χ1v) is 5.83. The zero-order chi connectivity index (χ0) is 13.7. The topological polar surface area (TPSA) is 64.5 Å². The summed E-state index contributed by atoms with van der Waals surface area (Å²) in [6.07, 6.45) is 2.24. The SMILES string of the molecule is COc1nc(/C(=C\C(=O)I)N(C)OC)ncc1F. The average Bonchev–Trinajstić information content (AvgIpc) is 2.35. The molecule has 0 saturated carbocycles. The molecule has 0 atom stereocenters. The minimum Gasteiger partial charge on any atom is -0.479 e. The first-order valence-electron chi connectivity index (χ1n) is 4.75. The van der Waals surface area contributed by atoms with E-state index in [0.717, 1.165) is 6.20 Å². The molecule has 0 fully saturated rings. The molecule has 0 aliphatic heterocycles.